The summed E-state index contributed by atoms with van der Waals surface area (Å²) in [5, 5.41) is 0. The van der Waals surface area contributed by atoms with Crippen molar-refractivity contribution >= 4 is 11.7 Å². The average molecular weight is 339 g/mol. The van der Waals surface area contributed by atoms with E-state index in [4.69, 9.17) is 0 Å². The van der Waals surface area contributed by atoms with Crippen LogP contribution in [0.1, 0.15) is 17.3 Å². The number of hydrogen-bond donors (Lipinski definition) is 0. The molecule has 1 amide bonds. The summed E-state index contributed by atoms with van der Waals surface area (Å²) in [6.07, 6.45) is 1.67. The van der Waals surface area contributed by atoms with Crippen LogP contribution in [0.5, 0.6) is 0 Å². The first-order valence-electron chi connectivity index (χ1n) is 8.71. The summed E-state index contributed by atoms with van der Waals surface area (Å²) in [7, 11) is 3.81. The van der Waals surface area contributed by atoms with Gasteiger partial charge in [0, 0.05) is 52.0 Å². The lowest BCUT2D eigenvalue weighted by Crippen LogP contribution is -2.48. The average Bonchev–Trinajstić information content (AvgIpc) is 2.67. The van der Waals surface area contributed by atoms with Gasteiger partial charge in [-0.3, -0.25) is 4.79 Å². The predicted molar refractivity (Wildman–Crippen MR) is 99.8 cm³/mol. The van der Waals surface area contributed by atoms with Crippen LogP contribution >= 0.6 is 0 Å². The number of amides is 1. The van der Waals surface area contributed by atoms with E-state index in [9.17, 15) is 4.79 Å². The van der Waals surface area contributed by atoms with E-state index < -0.39 is 0 Å². The van der Waals surface area contributed by atoms with Crippen LogP contribution in [0.4, 0.5) is 5.82 Å². The van der Waals surface area contributed by atoms with Gasteiger partial charge in [0.05, 0.1) is 0 Å². The third-order valence-corrected chi connectivity index (χ3v) is 4.56. The fourth-order valence-electron chi connectivity index (χ4n) is 3.03. The van der Waals surface area contributed by atoms with Crippen LogP contribution in [0.2, 0.25) is 0 Å². The molecule has 0 aliphatic carbocycles. The van der Waals surface area contributed by atoms with Gasteiger partial charge in [0.15, 0.2) is 5.82 Å². The summed E-state index contributed by atoms with van der Waals surface area (Å²) >= 11 is 0. The number of nitrogens with zero attached hydrogens (tertiary/aromatic N) is 5. The van der Waals surface area contributed by atoms with Crippen LogP contribution in [0.25, 0.3) is 11.4 Å². The highest BCUT2D eigenvalue weighted by molar-refractivity contribution is 5.99. The van der Waals surface area contributed by atoms with Crippen molar-refractivity contribution in [2.75, 3.05) is 51.7 Å². The first-order valence-corrected chi connectivity index (χ1v) is 8.71. The zero-order valence-corrected chi connectivity index (χ0v) is 15.1. The minimum atomic E-state index is 0.0130. The fraction of sp³-hybridized carbons (Fsp3) is 0.421. The largest absolute Gasteiger partial charge is 0.362 e. The second-order valence-electron chi connectivity index (χ2n) is 6.42. The summed E-state index contributed by atoms with van der Waals surface area (Å²) in [5.74, 6) is 1.31. The van der Waals surface area contributed by atoms with E-state index in [1.807, 2.05) is 54.2 Å². The van der Waals surface area contributed by atoms with Crippen LogP contribution in [0.3, 0.4) is 0 Å². The molecular formula is C19H25N5O. The Bertz CT molecular complexity index is 724. The van der Waals surface area contributed by atoms with Gasteiger partial charge < -0.3 is 14.7 Å². The number of piperazine rings is 1. The fourth-order valence-corrected chi connectivity index (χ4v) is 3.03. The molecule has 6 nitrogen and oxygen atoms in total. The van der Waals surface area contributed by atoms with Crippen molar-refractivity contribution in [3.8, 4) is 11.4 Å². The van der Waals surface area contributed by atoms with E-state index in [0.29, 0.717) is 17.2 Å². The van der Waals surface area contributed by atoms with Gasteiger partial charge in [-0.15, -0.1) is 0 Å². The summed E-state index contributed by atoms with van der Waals surface area (Å²) < 4.78 is 0. The lowest BCUT2D eigenvalue weighted by molar-refractivity contribution is 0.0643. The van der Waals surface area contributed by atoms with Crippen LogP contribution < -0.4 is 4.90 Å². The first-order chi connectivity index (χ1) is 12.1. The molecule has 0 unspecified atom stereocenters. The molecule has 0 bridgehead atoms. The Hall–Kier alpha value is -2.47. The molecule has 1 aliphatic heterocycles. The number of carbonyl (C=O) groups excluding carboxylic acids is 1. The molecule has 1 aromatic carbocycles. The maximum Gasteiger partial charge on any atom is 0.259 e. The summed E-state index contributed by atoms with van der Waals surface area (Å²) in [4.78, 5) is 28.2. The molecule has 6 heteroatoms. The predicted octanol–water partition coefficient (Wildman–Crippen LogP) is 1.99. The molecule has 2 heterocycles. The van der Waals surface area contributed by atoms with Crippen LogP contribution in [-0.2, 0) is 0 Å². The molecule has 25 heavy (non-hydrogen) atoms. The summed E-state index contributed by atoms with van der Waals surface area (Å²) in [6.45, 7) is 6.52. The van der Waals surface area contributed by atoms with Gasteiger partial charge in [0.1, 0.15) is 11.4 Å². The Kier molecular flexibility index (Phi) is 5.28. The van der Waals surface area contributed by atoms with E-state index in [0.717, 1.165) is 38.3 Å². The normalized spacial score (nSPS) is 15.2. The van der Waals surface area contributed by atoms with Crippen LogP contribution in [0.15, 0.2) is 36.5 Å². The number of likely N-dealkylation sites (N-methyl/N-ethyl adjacent to an activating group) is 1. The van der Waals surface area contributed by atoms with E-state index >= 15 is 0 Å². The molecule has 132 valence electrons. The maximum absolute atomic E-state index is 13.0. The summed E-state index contributed by atoms with van der Waals surface area (Å²) in [5.41, 5.74) is 1.51. The Balaban J connectivity index is 1.87. The van der Waals surface area contributed by atoms with Crippen molar-refractivity contribution < 1.29 is 4.79 Å². The molecule has 1 aromatic heterocycles. The zero-order valence-electron chi connectivity index (χ0n) is 15.1. The lowest BCUT2D eigenvalue weighted by Gasteiger charge is -2.34. The van der Waals surface area contributed by atoms with Crippen molar-refractivity contribution in [2.24, 2.45) is 0 Å². The Morgan fingerprint density at radius 2 is 1.80 bits per heavy atom. The number of rotatable bonds is 4. The molecule has 0 atom stereocenters. The Labute approximate surface area is 149 Å². The standard InChI is InChI=1S/C19H25N5O/c1-4-23-10-12-24(13-11-23)19(25)16-14-20-17(21-18(16)22(2)3)15-8-6-5-7-9-15/h5-9,14H,4,10-13H2,1-3H3. The molecule has 1 aliphatic rings. The molecule has 0 N–H and O–H groups in total. The van der Waals surface area contributed by atoms with E-state index in [1.54, 1.807) is 6.20 Å². The van der Waals surface area contributed by atoms with Crippen molar-refractivity contribution in [1.29, 1.82) is 0 Å². The molecule has 2 aromatic rings. The number of benzene rings is 1. The van der Waals surface area contributed by atoms with E-state index in [1.165, 1.54) is 0 Å². The van der Waals surface area contributed by atoms with E-state index in [2.05, 4.69) is 21.8 Å². The second-order valence-corrected chi connectivity index (χ2v) is 6.42. The van der Waals surface area contributed by atoms with Crippen LogP contribution in [-0.4, -0.2) is 72.5 Å². The smallest absolute Gasteiger partial charge is 0.259 e. The topological polar surface area (TPSA) is 52.6 Å². The van der Waals surface area contributed by atoms with Gasteiger partial charge in [-0.25, -0.2) is 9.97 Å². The highest BCUT2D eigenvalue weighted by atomic mass is 16.2. The van der Waals surface area contributed by atoms with Gasteiger partial charge in [-0.1, -0.05) is 37.3 Å². The molecule has 1 fully saturated rings. The summed E-state index contributed by atoms with van der Waals surface area (Å²) in [6, 6.07) is 9.82. The van der Waals surface area contributed by atoms with Crippen molar-refractivity contribution in [3.05, 3.63) is 42.1 Å². The van der Waals surface area contributed by atoms with Crippen molar-refractivity contribution in [3.63, 3.8) is 0 Å². The third-order valence-electron chi connectivity index (χ3n) is 4.56. The number of aromatic nitrogens is 2. The van der Waals surface area contributed by atoms with Gasteiger partial charge in [-0.2, -0.15) is 0 Å². The van der Waals surface area contributed by atoms with Crippen molar-refractivity contribution in [1.82, 2.24) is 19.8 Å². The third kappa shape index (κ3) is 3.79. The van der Waals surface area contributed by atoms with Crippen molar-refractivity contribution in [2.45, 2.75) is 6.92 Å². The second kappa shape index (κ2) is 7.61. The molecule has 1 saturated heterocycles. The Morgan fingerprint density at radius 3 is 2.40 bits per heavy atom. The maximum atomic E-state index is 13.0. The monoisotopic (exact) mass is 339 g/mol. The molecule has 3 rings (SSSR count). The zero-order chi connectivity index (χ0) is 17.8. The molecule has 0 radical (unpaired) electrons. The molecule has 0 spiro atoms. The number of anilines is 1. The minimum absolute atomic E-state index is 0.0130. The Morgan fingerprint density at radius 1 is 1.12 bits per heavy atom. The first kappa shape index (κ1) is 17.4. The highest BCUT2D eigenvalue weighted by Gasteiger charge is 2.25. The van der Waals surface area contributed by atoms with Gasteiger partial charge in [0.2, 0.25) is 0 Å². The number of carbonyl (C=O) groups is 1. The molecular weight excluding hydrogens is 314 g/mol. The van der Waals surface area contributed by atoms with Gasteiger partial charge in [-0.05, 0) is 6.54 Å². The SMILES string of the molecule is CCN1CCN(C(=O)c2cnc(-c3ccccc3)nc2N(C)C)CC1. The lowest BCUT2D eigenvalue weighted by atomic mass is 10.2. The highest BCUT2D eigenvalue weighted by Crippen LogP contribution is 2.22. The van der Waals surface area contributed by atoms with E-state index in [-0.39, 0.29) is 5.91 Å². The van der Waals surface area contributed by atoms with Gasteiger partial charge in [0.25, 0.3) is 5.91 Å². The van der Waals surface area contributed by atoms with Crippen LogP contribution in [0, 0.1) is 0 Å². The number of hydrogen-bond acceptors (Lipinski definition) is 5. The molecule has 0 saturated carbocycles. The minimum Gasteiger partial charge on any atom is -0.362 e. The quantitative estimate of drug-likeness (QED) is 0.853. The van der Waals surface area contributed by atoms with Gasteiger partial charge >= 0.3 is 0 Å².